The first-order chi connectivity index (χ1) is 9.58. The highest BCUT2D eigenvalue weighted by molar-refractivity contribution is 5.53. The first-order valence-corrected chi connectivity index (χ1v) is 7.16. The van der Waals surface area contributed by atoms with E-state index in [1.807, 2.05) is 13.0 Å². The van der Waals surface area contributed by atoms with Crippen LogP contribution in [-0.4, -0.2) is 11.7 Å². The minimum atomic E-state index is 0.316. The molecule has 0 aliphatic carbocycles. The summed E-state index contributed by atoms with van der Waals surface area (Å²) >= 11 is 0. The van der Waals surface area contributed by atoms with Crippen LogP contribution in [0.5, 0.6) is 5.75 Å². The summed E-state index contributed by atoms with van der Waals surface area (Å²) in [6.07, 6.45) is 0. The highest BCUT2D eigenvalue weighted by Crippen LogP contribution is 2.26. The maximum Gasteiger partial charge on any atom is 0.115 e. The summed E-state index contributed by atoms with van der Waals surface area (Å²) in [5.41, 5.74) is 3.52. The van der Waals surface area contributed by atoms with Crippen LogP contribution in [0.25, 0.3) is 0 Å². The quantitative estimate of drug-likeness (QED) is 0.780. The molecule has 2 aromatic rings. The van der Waals surface area contributed by atoms with Crippen molar-refractivity contribution >= 4 is 5.69 Å². The van der Waals surface area contributed by atoms with Crippen LogP contribution in [0.1, 0.15) is 30.9 Å². The SMILES string of the molecule is Cc1cc(O)ccc1NCC(c1ccccc1)C(C)C. The van der Waals surface area contributed by atoms with E-state index in [9.17, 15) is 5.11 Å². The number of aromatic hydroxyl groups is 1. The summed E-state index contributed by atoms with van der Waals surface area (Å²) < 4.78 is 0. The molecular formula is C18H23NO. The Kier molecular flexibility index (Phi) is 4.67. The van der Waals surface area contributed by atoms with Crippen LogP contribution >= 0.6 is 0 Å². The molecule has 0 bridgehead atoms. The highest BCUT2D eigenvalue weighted by Gasteiger charge is 2.15. The molecular weight excluding hydrogens is 246 g/mol. The zero-order valence-corrected chi connectivity index (χ0v) is 12.4. The molecule has 2 N–H and O–H groups in total. The second-order valence-corrected chi connectivity index (χ2v) is 5.64. The van der Waals surface area contributed by atoms with Gasteiger partial charge in [-0.05, 0) is 42.2 Å². The number of phenols is 1. The van der Waals surface area contributed by atoms with Gasteiger partial charge in [0.1, 0.15) is 5.75 Å². The Hall–Kier alpha value is -1.96. The molecule has 0 fully saturated rings. The number of aryl methyl sites for hydroxylation is 1. The zero-order valence-electron chi connectivity index (χ0n) is 12.4. The van der Waals surface area contributed by atoms with Gasteiger partial charge in [-0.3, -0.25) is 0 Å². The zero-order chi connectivity index (χ0) is 14.5. The number of nitrogens with one attached hydrogen (secondary N) is 1. The fraction of sp³-hybridized carbons (Fsp3) is 0.333. The lowest BCUT2D eigenvalue weighted by Crippen LogP contribution is -2.18. The molecule has 0 aliphatic heterocycles. The van der Waals surface area contributed by atoms with E-state index < -0.39 is 0 Å². The van der Waals surface area contributed by atoms with Gasteiger partial charge >= 0.3 is 0 Å². The molecule has 0 saturated carbocycles. The van der Waals surface area contributed by atoms with Gasteiger partial charge in [-0.25, -0.2) is 0 Å². The Labute approximate surface area is 121 Å². The van der Waals surface area contributed by atoms with Crippen molar-refractivity contribution in [2.75, 3.05) is 11.9 Å². The molecule has 1 unspecified atom stereocenters. The van der Waals surface area contributed by atoms with Gasteiger partial charge in [0, 0.05) is 18.2 Å². The maximum atomic E-state index is 9.45. The molecule has 0 amide bonds. The number of benzene rings is 2. The van der Waals surface area contributed by atoms with Crippen LogP contribution in [0, 0.1) is 12.8 Å². The van der Waals surface area contributed by atoms with Crippen molar-refractivity contribution in [3.8, 4) is 5.75 Å². The van der Waals surface area contributed by atoms with Gasteiger partial charge in [-0.2, -0.15) is 0 Å². The fourth-order valence-corrected chi connectivity index (χ4v) is 2.50. The molecule has 2 heteroatoms. The van der Waals surface area contributed by atoms with E-state index >= 15 is 0 Å². The second-order valence-electron chi connectivity index (χ2n) is 5.64. The van der Waals surface area contributed by atoms with Gasteiger partial charge in [-0.1, -0.05) is 44.2 Å². The Balaban J connectivity index is 2.10. The molecule has 0 aliphatic rings. The van der Waals surface area contributed by atoms with Crippen LogP contribution in [0.4, 0.5) is 5.69 Å². The van der Waals surface area contributed by atoms with Crippen molar-refractivity contribution in [3.63, 3.8) is 0 Å². The topological polar surface area (TPSA) is 32.3 Å². The third-order valence-electron chi connectivity index (χ3n) is 3.75. The van der Waals surface area contributed by atoms with E-state index in [0.29, 0.717) is 17.6 Å². The number of hydrogen-bond donors (Lipinski definition) is 2. The van der Waals surface area contributed by atoms with E-state index in [-0.39, 0.29) is 0 Å². The standard InChI is InChI=1S/C18H23NO/c1-13(2)17(15-7-5-4-6-8-15)12-19-18-10-9-16(20)11-14(18)3/h4-11,13,17,19-20H,12H2,1-3H3. The predicted octanol–water partition coefficient (Wildman–Crippen LogP) is 4.55. The molecule has 0 heterocycles. The van der Waals surface area contributed by atoms with Crippen LogP contribution in [-0.2, 0) is 0 Å². The molecule has 20 heavy (non-hydrogen) atoms. The van der Waals surface area contributed by atoms with E-state index in [0.717, 1.165) is 17.8 Å². The Bertz CT molecular complexity index is 549. The molecule has 2 aromatic carbocycles. The summed E-state index contributed by atoms with van der Waals surface area (Å²) in [6, 6.07) is 16.1. The lowest BCUT2D eigenvalue weighted by Gasteiger charge is -2.23. The Morgan fingerprint density at radius 2 is 1.75 bits per heavy atom. The molecule has 106 valence electrons. The third-order valence-corrected chi connectivity index (χ3v) is 3.75. The number of anilines is 1. The molecule has 0 radical (unpaired) electrons. The van der Waals surface area contributed by atoms with Gasteiger partial charge in [0.2, 0.25) is 0 Å². The average molecular weight is 269 g/mol. The van der Waals surface area contributed by atoms with Gasteiger partial charge < -0.3 is 10.4 Å². The first kappa shape index (κ1) is 14.4. The normalized spacial score (nSPS) is 12.4. The van der Waals surface area contributed by atoms with Crippen molar-refractivity contribution in [1.82, 2.24) is 0 Å². The van der Waals surface area contributed by atoms with Crippen LogP contribution in [0.3, 0.4) is 0 Å². The van der Waals surface area contributed by atoms with Crippen molar-refractivity contribution < 1.29 is 5.11 Å². The van der Waals surface area contributed by atoms with E-state index in [1.54, 1.807) is 12.1 Å². The summed E-state index contributed by atoms with van der Waals surface area (Å²) in [5.74, 6) is 1.36. The molecule has 0 aromatic heterocycles. The monoisotopic (exact) mass is 269 g/mol. The van der Waals surface area contributed by atoms with Crippen molar-refractivity contribution in [2.24, 2.45) is 5.92 Å². The predicted molar refractivity (Wildman–Crippen MR) is 85.4 cm³/mol. The minimum Gasteiger partial charge on any atom is -0.508 e. The van der Waals surface area contributed by atoms with E-state index in [4.69, 9.17) is 0 Å². The fourth-order valence-electron chi connectivity index (χ4n) is 2.50. The van der Waals surface area contributed by atoms with Gasteiger partial charge in [0.05, 0.1) is 0 Å². The smallest absolute Gasteiger partial charge is 0.115 e. The third kappa shape index (κ3) is 3.53. The van der Waals surface area contributed by atoms with E-state index in [1.165, 1.54) is 5.56 Å². The second kappa shape index (κ2) is 6.47. The Morgan fingerprint density at radius 1 is 1.05 bits per heavy atom. The molecule has 2 rings (SSSR count). The molecule has 1 atom stereocenters. The van der Waals surface area contributed by atoms with Crippen LogP contribution in [0.15, 0.2) is 48.5 Å². The average Bonchev–Trinajstić information content (AvgIpc) is 2.42. The van der Waals surface area contributed by atoms with Crippen molar-refractivity contribution in [1.29, 1.82) is 0 Å². The lowest BCUT2D eigenvalue weighted by molar-refractivity contribution is 0.475. The minimum absolute atomic E-state index is 0.316. The maximum absolute atomic E-state index is 9.45. The molecule has 2 nitrogen and oxygen atoms in total. The summed E-state index contributed by atoms with van der Waals surface area (Å²) in [5, 5.41) is 13.0. The number of hydrogen-bond acceptors (Lipinski definition) is 2. The number of rotatable bonds is 5. The van der Waals surface area contributed by atoms with Gasteiger partial charge in [-0.15, -0.1) is 0 Å². The molecule has 0 saturated heterocycles. The van der Waals surface area contributed by atoms with Crippen LogP contribution in [0.2, 0.25) is 0 Å². The van der Waals surface area contributed by atoms with E-state index in [2.05, 4.69) is 49.5 Å². The van der Waals surface area contributed by atoms with Crippen molar-refractivity contribution in [3.05, 3.63) is 59.7 Å². The highest BCUT2D eigenvalue weighted by atomic mass is 16.3. The Morgan fingerprint density at radius 3 is 2.35 bits per heavy atom. The first-order valence-electron chi connectivity index (χ1n) is 7.16. The van der Waals surface area contributed by atoms with Crippen molar-refractivity contribution in [2.45, 2.75) is 26.7 Å². The number of phenolic OH excluding ortho intramolecular Hbond substituents is 1. The summed E-state index contributed by atoms with van der Waals surface area (Å²) in [7, 11) is 0. The molecule has 0 spiro atoms. The summed E-state index contributed by atoms with van der Waals surface area (Å²) in [6.45, 7) is 7.41. The lowest BCUT2D eigenvalue weighted by atomic mass is 9.88. The van der Waals surface area contributed by atoms with Gasteiger partial charge in [0.25, 0.3) is 0 Å². The summed E-state index contributed by atoms with van der Waals surface area (Å²) in [4.78, 5) is 0. The van der Waals surface area contributed by atoms with Gasteiger partial charge in [0.15, 0.2) is 0 Å². The van der Waals surface area contributed by atoms with Crippen LogP contribution < -0.4 is 5.32 Å². The largest absolute Gasteiger partial charge is 0.508 e.